The topological polar surface area (TPSA) is 62.7 Å². The number of piperidine rings is 1. The highest BCUT2D eigenvalue weighted by atomic mass is 16.6. The summed E-state index contributed by atoms with van der Waals surface area (Å²) < 4.78 is 5.54. The van der Waals surface area contributed by atoms with Gasteiger partial charge in [0.25, 0.3) is 0 Å². The lowest BCUT2D eigenvalue weighted by molar-refractivity contribution is -0.132. The minimum Gasteiger partial charge on any atom is -0.443 e. The van der Waals surface area contributed by atoms with Crippen molar-refractivity contribution in [3.05, 3.63) is 23.4 Å². The second-order valence-electron chi connectivity index (χ2n) is 8.46. The largest absolute Gasteiger partial charge is 0.443 e. The molecular formula is C21H31N3O3. The summed E-state index contributed by atoms with van der Waals surface area (Å²) >= 11 is 0. The van der Waals surface area contributed by atoms with Gasteiger partial charge in [0.1, 0.15) is 11.4 Å². The molecule has 27 heavy (non-hydrogen) atoms. The van der Waals surface area contributed by atoms with E-state index in [9.17, 15) is 9.59 Å². The van der Waals surface area contributed by atoms with Crippen LogP contribution in [0.2, 0.25) is 0 Å². The minimum absolute atomic E-state index is 0.207. The quantitative estimate of drug-likeness (QED) is 0.810. The first-order chi connectivity index (χ1) is 12.8. The first-order valence-electron chi connectivity index (χ1n) is 10.1. The predicted molar refractivity (Wildman–Crippen MR) is 105 cm³/mol. The van der Waals surface area contributed by atoms with Crippen LogP contribution in [0.3, 0.4) is 0 Å². The van der Waals surface area contributed by atoms with E-state index in [1.165, 1.54) is 6.42 Å². The summed E-state index contributed by atoms with van der Waals surface area (Å²) in [6.45, 7) is 7.97. The highest BCUT2D eigenvalue weighted by Crippen LogP contribution is 2.27. The number of hydrogen-bond donors (Lipinski definition) is 0. The summed E-state index contributed by atoms with van der Waals surface area (Å²) in [5, 5.41) is 0. The molecule has 3 heterocycles. The third kappa shape index (κ3) is 5.21. The summed E-state index contributed by atoms with van der Waals surface area (Å²) in [5.74, 6) is 0.900. The van der Waals surface area contributed by atoms with Crippen molar-refractivity contribution in [3.63, 3.8) is 0 Å². The SMILES string of the molecule is CC(C)(C)OC(=O)N1CCCc2ccc(CCC(=O)N3CCCCC3)nc21. The van der Waals surface area contributed by atoms with Crippen molar-refractivity contribution >= 4 is 17.8 Å². The van der Waals surface area contributed by atoms with Crippen LogP contribution < -0.4 is 4.90 Å². The van der Waals surface area contributed by atoms with Crippen LogP contribution in [0, 0.1) is 0 Å². The number of carbonyl (C=O) groups is 2. The minimum atomic E-state index is -0.535. The molecule has 148 valence electrons. The standard InChI is InChI=1S/C21H31N3O3/c1-21(2,3)27-20(26)24-15-7-8-16-9-10-17(22-19(16)24)11-12-18(25)23-13-5-4-6-14-23/h9-10H,4-8,11-15H2,1-3H3. The van der Waals surface area contributed by atoms with Crippen molar-refractivity contribution in [2.45, 2.75) is 71.3 Å². The molecule has 1 saturated heterocycles. The fraction of sp³-hybridized carbons (Fsp3) is 0.667. The van der Waals surface area contributed by atoms with E-state index in [0.29, 0.717) is 25.2 Å². The second kappa shape index (κ2) is 8.28. The van der Waals surface area contributed by atoms with E-state index in [1.807, 2.05) is 37.8 Å². The molecule has 0 unspecified atom stereocenters. The number of pyridine rings is 1. The number of carbonyl (C=O) groups excluding carboxylic acids is 2. The van der Waals surface area contributed by atoms with E-state index in [0.717, 1.165) is 50.0 Å². The number of amides is 2. The maximum atomic E-state index is 12.6. The zero-order valence-corrected chi connectivity index (χ0v) is 16.8. The molecule has 6 heteroatoms. The van der Waals surface area contributed by atoms with Crippen molar-refractivity contribution in [2.24, 2.45) is 0 Å². The number of anilines is 1. The van der Waals surface area contributed by atoms with Gasteiger partial charge in [0.05, 0.1) is 0 Å². The van der Waals surface area contributed by atoms with Gasteiger partial charge in [-0.2, -0.15) is 0 Å². The fourth-order valence-corrected chi connectivity index (χ4v) is 3.65. The van der Waals surface area contributed by atoms with Gasteiger partial charge in [0.2, 0.25) is 5.91 Å². The molecule has 0 bridgehead atoms. The Morgan fingerprint density at radius 1 is 1.07 bits per heavy atom. The molecule has 3 rings (SSSR count). The summed E-state index contributed by atoms with van der Waals surface area (Å²) in [7, 11) is 0. The van der Waals surface area contributed by atoms with Crippen LogP contribution in [-0.2, 0) is 22.4 Å². The van der Waals surface area contributed by atoms with Gasteiger partial charge in [0.15, 0.2) is 0 Å². The van der Waals surface area contributed by atoms with Gasteiger partial charge in [-0.25, -0.2) is 9.78 Å². The number of aryl methyl sites for hydroxylation is 2. The van der Waals surface area contributed by atoms with Gasteiger partial charge < -0.3 is 9.64 Å². The Morgan fingerprint density at radius 2 is 1.81 bits per heavy atom. The van der Waals surface area contributed by atoms with E-state index in [1.54, 1.807) is 4.90 Å². The van der Waals surface area contributed by atoms with Crippen molar-refractivity contribution in [1.82, 2.24) is 9.88 Å². The van der Waals surface area contributed by atoms with E-state index < -0.39 is 5.60 Å². The van der Waals surface area contributed by atoms with Crippen molar-refractivity contribution in [2.75, 3.05) is 24.5 Å². The Labute approximate surface area is 161 Å². The normalized spacial score (nSPS) is 17.4. The molecule has 1 fully saturated rings. The number of rotatable bonds is 3. The molecule has 1 aromatic heterocycles. The Morgan fingerprint density at radius 3 is 2.52 bits per heavy atom. The molecule has 1 aromatic rings. The summed E-state index contributed by atoms with van der Waals surface area (Å²) in [6.07, 6.45) is 5.97. The Hall–Kier alpha value is -2.11. The second-order valence-corrected chi connectivity index (χ2v) is 8.46. The lowest BCUT2D eigenvalue weighted by Gasteiger charge is -2.31. The van der Waals surface area contributed by atoms with Crippen LogP contribution in [-0.4, -0.2) is 47.1 Å². The third-order valence-corrected chi connectivity index (χ3v) is 5.01. The number of fused-ring (bicyclic) bond motifs is 1. The molecule has 2 aliphatic heterocycles. The number of nitrogens with zero attached hydrogens (tertiary/aromatic N) is 3. The fourth-order valence-electron chi connectivity index (χ4n) is 3.65. The Balaban J connectivity index is 1.67. The van der Waals surface area contributed by atoms with Gasteiger partial charge >= 0.3 is 6.09 Å². The van der Waals surface area contributed by atoms with E-state index in [4.69, 9.17) is 9.72 Å². The van der Waals surface area contributed by atoms with Crippen LogP contribution in [0.5, 0.6) is 0 Å². The van der Waals surface area contributed by atoms with E-state index >= 15 is 0 Å². The number of ether oxygens (including phenoxy) is 1. The van der Waals surface area contributed by atoms with Gasteiger partial charge in [-0.15, -0.1) is 0 Å². The average molecular weight is 373 g/mol. The molecule has 0 spiro atoms. The van der Waals surface area contributed by atoms with Crippen LogP contribution in [0.15, 0.2) is 12.1 Å². The maximum Gasteiger partial charge on any atom is 0.416 e. The monoisotopic (exact) mass is 373 g/mol. The van der Waals surface area contributed by atoms with Crippen molar-refractivity contribution < 1.29 is 14.3 Å². The zero-order valence-electron chi connectivity index (χ0n) is 16.8. The molecule has 0 atom stereocenters. The average Bonchev–Trinajstić information content (AvgIpc) is 2.64. The highest BCUT2D eigenvalue weighted by Gasteiger charge is 2.28. The van der Waals surface area contributed by atoms with Gasteiger partial charge in [0, 0.05) is 31.7 Å². The molecule has 0 saturated carbocycles. The first kappa shape index (κ1) is 19.6. The Kier molecular flexibility index (Phi) is 6.02. The smallest absolute Gasteiger partial charge is 0.416 e. The van der Waals surface area contributed by atoms with Gasteiger partial charge in [-0.05, 0) is 70.9 Å². The number of likely N-dealkylation sites (tertiary alicyclic amines) is 1. The van der Waals surface area contributed by atoms with Crippen molar-refractivity contribution in [1.29, 1.82) is 0 Å². The summed E-state index contributed by atoms with van der Waals surface area (Å²) in [4.78, 5) is 33.3. The van der Waals surface area contributed by atoms with Crippen LogP contribution in [0.4, 0.5) is 10.6 Å². The van der Waals surface area contributed by atoms with Crippen LogP contribution in [0.1, 0.15) is 64.1 Å². The van der Waals surface area contributed by atoms with Gasteiger partial charge in [-0.1, -0.05) is 6.07 Å². The summed E-state index contributed by atoms with van der Waals surface area (Å²) in [5.41, 5.74) is 1.39. The third-order valence-electron chi connectivity index (χ3n) is 5.01. The molecule has 2 aliphatic rings. The van der Waals surface area contributed by atoms with Crippen molar-refractivity contribution in [3.8, 4) is 0 Å². The molecule has 0 radical (unpaired) electrons. The highest BCUT2D eigenvalue weighted by molar-refractivity contribution is 5.88. The first-order valence-corrected chi connectivity index (χ1v) is 10.1. The molecular weight excluding hydrogens is 342 g/mol. The lowest BCUT2D eigenvalue weighted by Crippen LogP contribution is -2.40. The van der Waals surface area contributed by atoms with E-state index in [-0.39, 0.29) is 12.0 Å². The van der Waals surface area contributed by atoms with E-state index in [2.05, 4.69) is 0 Å². The number of aromatic nitrogens is 1. The number of hydrogen-bond acceptors (Lipinski definition) is 4. The molecule has 6 nitrogen and oxygen atoms in total. The molecule has 0 aromatic carbocycles. The predicted octanol–water partition coefficient (Wildman–Crippen LogP) is 3.71. The zero-order chi connectivity index (χ0) is 19.4. The van der Waals surface area contributed by atoms with Crippen LogP contribution >= 0.6 is 0 Å². The van der Waals surface area contributed by atoms with Crippen LogP contribution in [0.25, 0.3) is 0 Å². The molecule has 2 amide bonds. The summed E-state index contributed by atoms with van der Waals surface area (Å²) in [6, 6.07) is 4.03. The maximum absolute atomic E-state index is 12.6. The van der Waals surface area contributed by atoms with Gasteiger partial charge in [-0.3, -0.25) is 9.69 Å². The lowest BCUT2D eigenvalue weighted by atomic mass is 10.0. The molecule has 0 N–H and O–H groups in total. The Bertz CT molecular complexity index is 690. The molecule has 0 aliphatic carbocycles.